The quantitative estimate of drug-likeness (QED) is 0.116. The summed E-state index contributed by atoms with van der Waals surface area (Å²) in [7, 11) is 0. The van der Waals surface area contributed by atoms with Gasteiger partial charge >= 0.3 is 24.2 Å². The fraction of sp³-hybridized carbons (Fsp3) is 0.250. The molecule has 3 aromatic rings. The lowest BCUT2D eigenvalue weighted by Gasteiger charge is -2.24. The van der Waals surface area contributed by atoms with E-state index in [0.29, 0.717) is 0 Å². The van der Waals surface area contributed by atoms with Crippen LogP contribution in [0.1, 0.15) is 11.1 Å². The van der Waals surface area contributed by atoms with Crippen LogP contribution in [0.4, 0.5) is 64.1 Å². The van der Waals surface area contributed by atoms with Crippen LogP contribution < -0.4 is 20.9 Å². The molecule has 6 N–H and O–H groups in total. The minimum absolute atomic E-state index is 0.203. The molecule has 2 atom stereocenters. The number of hydrogen-bond acceptors (Lipinski definition) is 6. The Morgan fingerprint density at radius 3 is 1.07 bits per heavy atom. The molecule has 2 unspecified atom stereocenters. The van der Waals surface area contributed by atoms with E-state index in [9.17, 15) is 62.9 Å². The Hall–Kier alpha value is -4.38. The minimum Gasteiger partial charge on any atom is -0.505 e. The first kappa shape index (κ1) is 32.1. The number of phenolic OH excluding ortho intramolecular Hbond substituents is 2. The van der Waals surface area contributed by atoms with Crippen molar-refractivity contribution < 1.29 is 72.4 Å². The molecule has 0 aliphatic heterocycles. The number of halogens is 12. The third-order valence-electron chi connectivity index (χ3n) is 5.45. The zero-order chi connectivity index (χ0) is 32.0. The molecule has 42 heavy (non-hydrogen) atoms. The summed E-state index contributed by atoms with van der Waals surface area (Å²) in [6, 6.07) is 5.92. The van der Waals surface area contributed by atoms with Gasteiger partial charge < -0.3 is 31.2 Å². The Morgan fingerprint density at radius 2 is 0.810 bits per heavy atom. The van der Waals surface area contributed by atoms with E-state index in [1.807, 2.05) is 0 Å². The van der Waals surface area contributed by atoms with E-state index in [-0.39, 0.29) is 23.6 Å². The highest BCUT2D eigenvalue weighted by molar-refractivity contribution is 5.63. The Morgan fingerprint density at radius 1 is 0.524 bits per heavy atom. The highest BCUT2D eigenvalue weighted by Crippen LogP contribution is 2.49. The zero-order valence-corrected chi connectivity index (χ0v) is 20.2. The van der Waals surface area contributed by atoms with Crippen molar-refractivity contribution in [2.75, 3.05) is 11.5 Å². The molecule has 0 bridgehead atoms. The van der Waals surface area contributed by atoms with E-state index in [1.165, 1.54) is 0 Å². The molecule has 0 radical (unpaired) electrons. The largest absolute Gasteiger partial charge is 0.505 e. The predicted molar refractivity (Wildman–Crippen MR) is 121 cm³/mol. The van der Waals surface area contributed by atoms with Crippen LogP contribution in [0.15, 0.2) is 48.5 Å². The number of nitrogen functional groups attached to an aromatic ring is 2. The summed E-state index contributed by atoms with van der Waals surface area (Å²) in [6.07, 6.45) is -21.4. The van der Waals surface area contributed by atoms with Gasteiger partial charge in [0.2, 0.25) is 0 Å². The number of phenols is 2. The zero-order valence-electron chi connectivity index (χ0n) is 20.2. The Balaban J connectivity index is 1.87. The fourth-order valence-corrected chi connectivity index (χ4v) is 3.42. The Labute approximate surface area is 226 Å². The smallest absolute Gasteiger partial charge is 0.426 e. The highest BCUT2D eigenvalue weighted by Gasteiger charge is 2.60. The molecule has 3 aromatic carbocycles. The minimum atomic E-state index is -6.00. The van der Waals surface area contributed by atoms with Gasteiger partial charge in [-0.3, -0.25) is 0 Å². The lowest BCUT2D eigenvalue weighted by molar-refractivity contribution is -0.249. The molecule has 0 aliphatic rings. The molecule has 230 valence electrons. The fourth-order valence-electron chi connectivity index (χ4n) is 3.42. The summed E-state index contributed by atoms with van der Waals surface area (Å²) in [5.41, 5.74) is 5.24. The SMILES string of the molecule is Nc1cc(Oc2ccc(Oc3cc(N)c(O)c(C(F)(F)C(F)C(F)(F)F)c3)cc2)cc(C(F)(F)C(F)C(F)(F)F)c1O. The molecule has 0 aromatic heterocycles. The van der Waals surface area contributed by atoms with Gasteiger partial charge in [-0.05, 0) is 36.4 Å². The summed E-state index contributed by atoms with van der Waals surface area (Å²) in [5.74, 6) is -15.5. The number of alkyl halides is 12. The molecule has 3 rings (SSSR count). The van der Waals surface area contributed by atoms with Crippen molar-refractivity contribution in [2.24, 2.45) is 0 Å². The number of benzene rings is 3. The number of anilines is 2. The van der Waals surface area contributed by atoms with E-state index in [4.69, 9.17) is 20.9 Å². The van der Waals surface area contributed by atoms with Gasteiger partial charge in [-0.25, -0.2) is 8.78 Å². The summed E-state index contributed by atoms with van der Waals surface area (Å²) < 4.78 is 170. The molecular weight excluding hydrogens is 608 g/mol. The van der Waals surface area contributed by atoms with Gasteiger partial charge in [-0.15, -0.1) is 0 Å². The molecule has 0 amide bonds. The van der Waals surface area contributed by atoms with Crippen LogP contribution in [0, 0.1) is 0 Å². The number of hydrogen-bond donors (Lipinski definition) is 4. The van der Waals surface area contributed by atoms with Crippen molar-refractivity contribution in [2.45, 2.75) is 36.5 Å². The highest BCUT2D eigenvalue weighted by atomic mass is 19.4. The Kier molecular flexibility index (Phi) is 8.26. The second-order valence-electron chi connectivity index (χ2n) is 8.55. The second-order valence-corrected chi connectivity index (χ2v) is 8.55. The van der Waals surface area contributed by atoms with Crippen LogP contribution in [0.5, 0.6) is 34.5 Å². The van der Waals surface area contributed by atoms with Crippen molar-refractivity contribution in [1.29, 1.82) is 0 Å². The van der Waals surface area contributed by atoms with Crippen molar-refractivity contribution in [3.8, 4) is 34.5 Å². The van der Waals surface area contributed by atoms with Crippen LogP contribution in [0.3, 0.4) is 0 Å². The first-order valence-electron chi connectivity index (χ1n) is 11.0. The van der Waals surface area contributed by atoms with E-state index in [1.54, 1.807) is 0 Å². The van der Waals surface area contributed by atoms with Gasteiger partial charge in [-0.2, -0.15) is 43.9 Å². The van der Waals surface area contributed by atoms with Crippen molar-refractivity contribution in [1.82, 2.24) is 0 Å². The Bertz CT molecular complexity index is 1330. The number of nitrogens with two attached hydrogens (primary N) is 2. The molecule has 0 spiro atoms. The normalized spacial score (nSPS) is 14.4. The maximum absolute atomic E-state index is 14.2. The molecule has 0 aliphatic carbocycles. The van der Waals surface area contributed by atoms with Crippen LogP contribution in [-0.4, -0.2) is 34.9 Å². The molecule has 0 saturated carbocycles. The number of ether oxygens (including phenoxy) is 2. The average molecular weight is 624 g/mol. The van der Waals surface area contributed by atoms with Crippen LogP contribution >= 0.6 is 0 Å². The number of rotatable bonds is 8. The first-order valence-corrected chi connectivity index (χ1v) is 11.0. The van der Waals surface area contributed by atoms with E-state index in [2.05, 4.69) is 0 Å². The van der Waals surface area contributed by atoms with Crippen molar-refractivity contribution >= 4 is 11.4 Å². The lowest BCUT2D eigenvalue weighted by atomic mass is 10.0. The van der Waals surface area contributed by atoms with E-state index >= 15 is 0 Å². The van der Waals surface area contributed by atoms with Crippen molar-refractivity contribution in [3.63, 3.8) is 0 Å². The summed E-state index contributed by atoms with van der Waals surface area (Å²) in [6.45, 7) is 0. The third-order valence-corrected chi connectivity index (χ3v) is 5.45. The summed E-state index contributed by atoms with van der Waals surface area (Å²) >= 11 is 0. The molecule has 0 fully saturated rings. The van der Waals surface area contributed by atoms with Crippen LogP contribution in [0.2, 0.25) is 0 Å². The maximum Gasteiger partial charge on any atom is 0.426 e. The first-order chi connectivity index (χ1) is 19.1. The van der Waals surface area contributed by atoms with Gasteiger partial charge in [0, 0.05) is 12.1 Å². The molecule has 18 heteroatoms. The average Bonchev–Trinajstić information content (AvgIpc) is 2.87. The molecule has 6 nitrogen and oxygen atoms in total. The van der Waals surface area contributed by atoms with Gasteiger partial charge in [0.25, 0.3) is 12.3 Å². The molecule has 0 saturated heterocycles. The predicted octanol–water partition coefficient (Wildman–Crippen LogP) is 7.83. The molecular formula is C24H16F12N2O4. The maximum atomic E-state index is 14.2. The summed E-state index contributed by atoms with van der Waals surface area (Å²) in [4.78, 5) is 0. The lowest BCUT2D eigenvalue weighted by Crippen LogP contribution is -2.39. The van der Waals surface area contributed by atoms with Crippen molar-refractivity contribution in [3.05, 3.63) is 59.7 Å². The van der Waals surface area contributed by atoms with Gasteiger partial charge in [0.15, 0.2) is 0 Å². The van der Waals surface area contributed by atoms with Crippen LogP contribution in [0.25, 0.3) is 0 Å². The second kappa shape index (κ2) is 10.8. The number of aromatic hydroxyl groups is 2. The summed E-state index contributed by atoms with van der Waals surface area (Å²) in [5, 5.41) is 19.5. The van der Waals surface area contributed by atoms with Gasteiger partial charge in [-0.1, -0.05) is 0 Å². The van der Waals surface area contributed by atoms with E-state index in [0.717, 1.165) is 36.4 Å². The molecule has 0 heterocycles. The van der Waals surface area contributed by atoms with E-state index < -0.39 is 82.0 Å². The topological polar surface area (TPSA) is 111 Å². The third kappa shape index (κ3) is 6.41. The van der Waals surface area contributed by atoms with Crippen LogP contribution in [-0.2, 0) is 11.8 Å². The standard InChI is InChI=1S/C24H16F12N2O4/c25-19(23(31,32)33)21(27,28)13-5-11(7-15(37)17(13)39)41-9-1-2-10(4-3-9)42-12-6-14(18(40)16(38)8-12)22(29,30)20(26)24(34,35)36/h1-8,19-20,39-40H,37-38H2. The van der Waals surface area contributed by atoms with Gasteiger partial charge in [0.1, 0.15) is 34.5 Å². The monoisotopic (exact) mass is 624 g/mol. The van der Waals surface area contributed by atoms with Gasteiger partial charge in [0.05, 0.1) is 22.5 Å².